The molecule has 1 aromatic carbocycles. The maximum Gasteiger partial charge on any atom is 0.263 e. The molecule has 0 saturated carbocycles. The number of hydrogen-bond donors (Lipinski definition) is 0. The van der Waals surface area contributed by atoms with Crippen molar-refractivity contribution >= 4 is 37.5 Å². The highest BCUT2D eigenvalue weighted by atomic mass is 32.2. The third-order valence-corrected chi connectivity index (χ3v) is 9.37. The van der Waals surface area contributed by atoms with Gasteiger partial charge in [0.1, 0.15) is 16.3 Å². The number of likely N-dealkylation sites (N-methyl/N-ethyl adjacent to an activating group) is 1. The Morgan fingerprint density at radius 2 is 1.82 bits per heavy atom. The number of sulfonamides is 1. The predicted molar refractivity (Wildman–Crippen MR) is 133 cm³/mol. The lowest BCUT2D eigenvalue weighted by atomic mass is 9.94. The van der Waals surface area contributed by atoms with Gasteiger partial charge in [0.2, 0.25) is 15.9 Å². The van der Waals surface area contributed by atoms with Gasteiger partial charge < -0.3 is 4.90 Å². The van der Waals surface area contributed by atoms with E-state index in [1.807, 2.05) is 44.2 Å². The van der Waals surface area contributed by atoms with Gasteiger partial charge in [-0.1, -0.05) is 44.2 Å². The topological polar surface area (TPSA) is 92.6 Å². The Balaban J connectivity index is 1.67. The molecule has 34 heavy (non-hydrogen) atoms. The second-order valence-corrected chi connectivity index (χ2v) is 12.4. The van der Waals surface area contributed by atoms with Gasteiger partial charge in [0.25, 0.3) is 5.56 Å². The number of fused-ring (bicyclic) bond motifs is 1. The molecule has 10 heteroatoms. The van der Waals surface area contributed by atoms with E-state index in [2.05, 4.69) is 4.98 Å². The van der Waals surface area contributed by atoms with Gasteiger partial charge >= 0.3 is 0 Å². The van der Waals surface area contributed by atoms with Crippen molar-refractivity contribution in [2.75, 3.05) is 20.1 Å². The van der Waals surface area contributed by atoms with Crippen molar-refractivity contribution in [3.63, 3.8) is 0 Å². The van der Waals surface area contributed by atoms with Crippen LogP contribution in [0.3, 0.4) is 0 Å². The largest absolute Gasteiger partial charge is 0.340 e. The lowest BCUT2D eigenvalue weighted by molar-refractivity contribution is -0.131. The van der Waals surface area contributed by atoms with Crippen molar-refractivity contribution in [2.24, 2.45) is 11.8 Å². The van der Waals surface area contributed by atoms with Gasteiger partial charge in [0.05, 0.1) is 11.7 Å². The first-order valence-corrected chi connectivity index (χ1v) is 13.6. The molecule has 182 valence electrons. The van der Waals surface area contributed by atoms with Crippen LogP contribution in [-0.4, -0.2) is 53.2 Å². The lowest BCUT2D eigenvalue weighted by Gasteiger charge is -2.34. The van der Waals surface area contributed by atoms with Gasteiger partial charge in [-0.05, 0) is 30.7 Å². The fraction of sp³-hybridized carbons (Fsp3) is 0.458. The summed E-state index contributed by atoms with van der Waals surface area (Å²) in [5.74, 6) is 0.231. The van der Waals surface area contributed by atoms with Gasteiger partial charge in [-0.15, -0.1) is 11.3 Å². The summed E-state index contributed by atoms with van der Waals surface area (Å²) in [6.45, 7) is 6.86. The van der Waals surface area contributed by atoms with Gasteiger partial charge in [-0.2, -0.15) is 4.31 Å². The van der Waals surface area contributed by atoms with Gasteiger partial charge in [0, 0.05) is 31.6 Å². The SMILES string of the molecule is Cc1sc2ncn(CC(=O)N(C)Cc3ccccc3)c(=O)c2c1S(=O)(=O)N1CC(C)CC(C)C1. The van der Waals surface area contributed by atoms with Crippen molar-refractivity contribution in [3.8, 4) is 0 Å². The summed E-state index contributed by atoms with van der Waals surface area (Å²) >= 11 is 1.20. The molecule has 2 atom stereocenters. The highest BCUT2D eigenvalue weighted by Crippen LogP contribution is 2.35. The number of amides is 1. The fourth-order valence-electron chi connectivity index (χ4n) is 4.68. The van der Waals surface area contributed by atoms with E-state index < -0.39 is 15.6 Å². The summed E-state index contributed by atoms with van der Waals surface area (Å²) in [7, 11) is -2.20. The molecule has 1 fully saturated rings. The number of carbonyl (C=O) groups excluding carboxylic acids is 1. The van der Waals surface area contributed by atoms with Crippen LogP contribution in [0.5, 0.6) is 0 Å². The number of aryl methyl sites for hydroxylation is 1. The number of rotatable bonds is 6. The minimum atomic E-state index is -3.87. The zero-order valence-corrected chi connectivity index (χ0v) is 21.5. The molecule has 1 aliphatic heterocycles. The number of hydrogen-bond acceptors (Lipinski definition) is 6. The number of benzene rings is 1. The van der Waals surface area contributed by atoms with Crippen LogP contribution in [0.2, 0.25) is 0 Å². The quantitative estimate of drug-likeness (QED) is 0.517. The molecule has 3 heterocycles. The van der Waals surface area contributed by atoms with E-state index in [1.54, 1.807) is 18.9 Å². The molecule has 2 aromatic heterocycles. The maximum absolute atomic E-state index is 13.7. The van der Waals surface area contributed by atoms with Crippen LogP contribution >= 0.6 is 11.3 Å². The molecule has 1 amide bonds. The molecule has 1 saturated heterocycles. The summed E-state index contributed by atoms with van der Waals surface area (Å²) in [6.07, 6.45) is 2.30. The average Bonchev–Trinajstić information content (AvgIpc) is 3.13. The first kappa shape index (κ1) is 24.6. The van der Waals surface area contributed by atoms with Crippen molar-refractivity contribution < 1.29 is 13.2 Å². The molecule has 8 nitrogen and oxygen atoms in total. The summed E-state index contributed by atoms with van der Waals surface area (Å²) in [4.78, 5) is 33.1. The highest BCUT2D eigenvalue weighted by Gasteiger charge is 2.35. The van der Waals surface area contributed by atoms with Gasteiger partial charge in [0.15, 0.2) is 0 Å². The Labute approximate surface area is 203 Å². The highest BCUT2D eigenvalue weighted by molar-refractivity contribution is 7.89. The molecular formula is C24H30N4O4S2. The van der Waals surface area contributed by atoms with Crippen LogP contribution in [0, 0.1) is 18.8 Å². The van der Waals surface area contributed by atoms with E-state index in [4.69, 9.17) is 0 Å². The third kappa shape index (κ3) is 4.80. The van der Waals surface area contributed by atoms with Crippen LogP contribution in [0.25, 0.3) is 10.2 Å². The zero-order valence-electron chi connectivity index (χ0n) is 19.9. The van der Waals surface area contributed by atoms with E-state index in [0.717, 1.165) is 12.0 Å². The van der Waals surface area contributed by atoms with E-state index in [0.29, 0.717) is 29.3 Å². The number of aromatic nitrogens is 2. The molecule has 0 aliphatic carbocycles. The third-order valence-electron chi connectivity index (χ3n) is 6.23. The first-order valence-electron chi connectivity index (χ1n) is 11.3. The smallest absolute Gasteiger partial charge is 0.263 e. The number of thiophene rings is 1. The summed E-state index contributed by atoms with van der Waals surface area (Å²) < 4.78 is 30.0. The van der Waals surface area contributed by atoms with E-state index in [-0.39, 0.29) is 34.6 Å². The second-order valence-electron chi connectivity index (χ2n) is 9.35. The van der Waals surface area contributed by atoms with E-state index in [9.17, 15) is 18.0 Å². The number of piperidine rings is 1. The molecule has 1 aliphatic rings. The Hall–Kier alpha value is -2.56. The van der Waals surface area contributed by atoms with Crippen molar-refractivity contribution in [3.05, 3.63) is 57.5 Å². The summed E-state index contributed by atoms with van der Waals surface area (Å²) in [6, 6.07) is 9.57. The number of nitrogens with zero attached hydrogens (tertiary/aromatic N) is 4. The molecule has 0 N–H and O–H groups in total. The van der Waals surface area contributed by atoms with E-state index in [1.165, 1.54) is 26.5 Å². The van der Waals surface area contributed by atoms with Crippen LogP contribution in [0.15, 0.2) is 46.3 Å². The minimum absolute atomic E-state index is 0.0331. The second kappa shape index (κ2) is 9.59. The number of carbonyl (C=O) groups is 1. The van der Waals surface area contributed by atoms with Crippen molar-refractivity contribution in [1.82, 2.24) is 18.8 Å². The Bertz CT molecular complexity index is 1350. The summed E-state index contributed by atoms with van der Waals surface area (Å²) in [5, 5.41) is 0.0781. The first-order chi connectivity index (χ1) is 16.1. The van der Waals surface area contributed by atoms with Crippen LogP contribution < -0.4 is 5.56 Å². The fourth-order valence-corrected chi connectivity index (χ4v) is 8.03. The molecule has 4 rings (SSSR count). The van der Waals surface area contributed by atoms with Crippen molar-refractivity contribution in [1.29, 1.82) is 0 Å². The zero-order chi connectivity index (χ0) is 24.6. The average molecular weight is 503 g/mol. The molecular weight excluding hydrogens is 472 g/mol. The van der Waals surface area contributed by atoms with Gasteiger partial charge in [-0.25, -0.2) is 13.4 Å². The Morgan fingerprint density at radius 1 is 1.18 bits per heavy atom. The predicted octanol–water partition coefficient (Wildman–Crippen LogP) is 3.09. The lowest BCUT2D eigenvalue weighted by Crippen LogP contribution is -2.43. The van der Waals surface area contributed by atoms with Crippen LogP contribution in [0.1, 0.15) is 30.7 Å². The van der Waals surface area contributed by atoms with Gasteiger partial charge in [-0.3, -0.25) is 14.2 Å². The minimum Gasteiger partial charge on any atom is -0.340 e. The normalized spacial score (nSPS) is 19.4. The van der Waals surface area contributed by atoms with Crippen molar-refractivity contribution in [2.45, 2.75) is 45.2 Å². The Morgan fingerprint density at radius 3 is 2.47 bits per heavy atom. The monoisotopic (exact) mass is 502 g/mol. The molecule has 0 radical (unpaired) electrons. The Kier molecular flexibility index (Phi) is 6.93. The molecule has 0 spiro atoms. The molecule has 2 unspecified atom stereocenters. The molecule has 3 aromatic rings. The summed E-state index contributed by atoms with van der Waals surface area (Å²) in [5.41, 5.74) is 0.471. The standard InChI is InChI=1S/C24H30N4O4S2/c1-16-10-17(2)12-28(11-16)34(31,32)22-18(3)33-23-21(22)24(30)27(15-25-23)14-20(29)26(4)13-19-8-6-5-7-9-19/h5-9,15-17H,10-14H2,1-4H3. The molecule has 0 bridgehead atoms. The maximum atomic E-state index is 13.7. The van der Waals surface area contributed by atoms with E-state index >= 15 is 0 Å². The van der Waals surface area contributed by atoms with Crippen LogP contribution in [-0.2, 0) is 27.9 Å². The van der Waals surface area contributed by atoms with Crippen LogP contribution in [0.4, 0.5) is 0 Å².